The fourth-order valence-corrected chi connectivity index (χ4v) is 3.34. The minimum absolute atomic E-state index is 0.351. The lowest BCUT2D eigenvalue weighted by atomic mass is 10.0. The average Bonchev–Trinajstić information content (AvgIpc) is 3.14. The Balaban J connectivity index is 1.63. The summed E-state index contributed by atoms with van der Waals surface area (Å²) in [5, 5.41) is 9.18. The van der Waals surface area contributed by atoms with Crippen molar-refractivity contribution in [1.82, 2.24) is 9.47 Å². The molecular formula is C15H22N2O2. The minimum atomic E-state index is -0.821. The molecule has 0 radical (unpaired) electrons. The van der Waals surface area contributed by atoms with Crippen molar-refractivity contribution in [3.63, 3.8) is 0 Å². The number of hydrogen-bond donors (Lipinski definition) is 1. The predicted octanol–water partition coefficient (Wildman–Crippen LogP) is 2.62. The summed E-state index contributed by atoms with van der Waals surface area (Å²) >= 11 is 0. The fourth-order valence-electron chi connectivity index (χ4n) is 3.34. The van der Waals surface area contributed by atoms with E-state index in [-0.39, 0.29) is 0 Å². The molecular weight excluding hydrogens is 240 g/mol. The Hall–Kier alpha value is -1.29. The summed E-state index contributed by atoms with van der Waals surface area (Å²) in [4.78, 5) is 13.7. The molecule has 1 aliphatic heterocycles. The molecule has 2 fully saturated rings. The molecule has 2 aliphatic rings. The molecule has 1 unspecified atom stereocenters. The predicted molar refractivity (Wildman–Crippen MR) is 73.4 cm³/mol. The van der Waals surface area contributed by atoms with E-state index in [1.165, 1.54) is 12.8 Å². The van der Waals surface area contributed by atoms with Gasteiger partial charge in [-0.1, -0.05) is 0 Å². The third kappa shape index (κ3) is 2.54. The number of hydrogen-bond acceptors (Lipinski definition) is 2. The first-order valence-corrected chi connectivity index (χ1v) is 7.31. The second-order valence-electron chi connectivity index (χ2n) is 5.95. The van der Waals surface area contributed by atoms with Gasteiger partial charge in [0, 0.05) is 31.4 Å². The first kappa shape index (κ1) is 12.7. The number of likely N-dealkylation sites (tertiary alicyclic amines) is 1. The van der Waals surface area contributed by atoms with Crippen LogP contribution in [0, 0.1) is 5.92 Å². The van der Waals surface area contributed by atoms with Gasteiger partial charge in [0.15, 0.2) is 0 Å². The molecule has 104 valence electrons. The molecule has 1 aliphatic carbocycles. The Bertz CT molecular complexity index is 456. The zero-order valence-electron chi connectivity index (χ0n) is 11.5. The average molecular weight is 262 g/mol. The van der Waals surface area contributed by atoms with Crippen molar-refractivity contribution < 1.29 is 9.90 Å². The molecule has 1 N–H and O–H groups in total. The van der Waals surface area contributed by atoms with Gasteiger partial charge in [-0.2, -0.15) is 0 Å². The molecule has 4 nitrogen and oxygen atoms in total. The fraction of sp³-hybridized carbons (Fsp3) is 0.667. The maximum Gasteiger partial charge on any atom is 0.352 e. The lowest BCUT2D eigenvalue weighted by molar-refractivity contribution is 0.0675. The SMILES string of the molecule is CC(C1CC1)N1CCC(n2cccc2C(=O)O)CC1. The molecule has 1 saturated heterocycles. The number of nitrogens with zero attached hydrogens (tertiary/aromatic N) is 2. The van der Waals surface area contributed by atoms with Gasteiger partial charge in [-0.15, -0.1) is 0 Å². The van der Waals surface area contributed by atoms with Crippen LogP contribution in [0.5, 0.6) is 0 Å². The van der Waals surface area contributed by atoms with Crippen LogP contribution < -0.4 is 0 Å². The smallest absolute Gasteiger partial charge is 0.352 e. The Morgan fingerprint density at radius 3 is 2.58 bits per heavy atom. The Morgan fingerprint density at radius 1 is 1.32 bits per heavy atom. The van der Waals surface area contributed by atoms with Crippen molar-refractivity contribution in [3.05, 3.63) is 24.0 Å². The number of aromatic nitrogens is 1. The summed E-state index contributed by atoms with van der Waals surface area (Å²) in [6.45, 7) is 4.54. The van der Waals surface area contributed by atoms with Crippen LogP contribution in [0.4, 0.5) is 0 Å². The second-order valence-corrected chi connectivity index (χ2v) is 5.95. The quantitative estimate of drug-likeness (QED) is 0.907. The molecule has 2 heterocycles. The summed E-state index contributed by atoms with van der Waals surface area (Å²) in [6.07, 6.45) is 6.82. The normalized spacial score (nSPS) is 23.4. The van der Waals surface area contributed by atoms with Gasteiger partial charge in [-0.3, -0.25) is 0 Å². The Labute approximate surface area is 114 Å². The van der Waals surface area contributed by atoms with E-state index in [1.807, 2.05) is 16.8 Å². The molecule has 0 amide bonds. The molecule has 1 saturated carbocycles. The van der Waals surface area contributed by atoms with Crippen molar-refractivity contribution in [2.75, 3.05) is 13.1 Å². The van der Waals surface area contributed by atoms with Crippen LogP contribution in [0.3, 0.4) is 0 Å². The molecule has 3 rings (SSSR count). The van der Waals surface area contributed by atoms with Crippen LogP contribution in [0.25, 0.3) is 0 Å². The number of piperidine rings is 1. The molecule has 0 spiro atoms. The lowest BCUT2D eigenvalue weighted by Crippen LogP contribution is -2.41. The van der Waals surface area contributed by atoms with E-state index in [4.69, 9.17) is 0 Å². The van der Waals surface area contributed by atoms with Crippen molar-refractivity contribution in [2.24, 2.45) is 5.92 Å². The number of carbonyl (C=O) groups is 1. The monoisotopic (exact) mass is 262 g/mol. The van der Waals surface area contributed by atoms with E-state index < -0.39 is 5.97 Å². The standard InChI is InChI=1S/C15H22N2O2/c1-11(12-4-5-12)16-9-6-13(7-10-16)17-8-2-3-14(17)15(18)19/h2-3,8,11-13H,4-7,9-10H2,1H3,(H,18,19). The van der Waals surface area contributed by atoms with Crippen molar-refractivity contribution in [1.29, 1.82) is 0 Å². The zero-order chi connectivity index (χ0) is 13.4. The van der Waals surface area contributed by atoms with Crippen molar-refractivity contribution in [3.8, 4) is 0 Å². The largest absolute Gasteiger partial charge is 0.477 e. The number of rotatable bonds is 4. The summed E-state index contributed by atoms with van der Waals surface area (Å²) in [5.74, 6) is 0.0940. The number of aromatic carboxylic acids is 1. The second kappa shape index (κ2) is 5.00. The van der Waals surface area contributed by atoms with Crippen LogP contribution in [-0.2, 0) is 0 Å². The van der Waals surface area contributed by atoms with Gasteiger partial charge in [0.2, 0.25) is 0 Å². The van der Waals surface area contributed by atoms with E-state index in [0.717, 1.165) is 31.8 Å². The van der Waals surface area contributed by atoms with Crippen LogP contribution >= 0.6 is 0 Å². The highest BCUT2D eigenvalue weighted by Crippen LogP contribution is 2.37. The highest BCUT2D eigenvalue weighted by Gasteiger charge is 2.34. The zero-order valence-corrected chi connectivity index (χ0v) is 11.5. The first-order valence-electron chi connectivity index (χ1n) is 7.31. The molecule has 1 aromatic heterocycles. The van der Waals surface area contributed by atoms with Gasteiger partial charge in [-0.25, -0.2) is 4.79 Å². The first-order chi connectivity index (χ1) is 9.16. The highest BCUT2D eigenvalue weighted by molar-refractivity contribution is 5.85. The summed E-state index contributed by atoms with van der Waals surface area (Å²) < 4.78 is 1.95. The van der Waals surface area contributed by atoms with E-state index in [1.54, 1.807) is 6.07 Å². The van der Waals surface area contributed by atoms with Crippen LogP contribution in [-0.4, -0.2) is 39.7 Å². The molecule has 1 aromatic rings. The van der Waals surface area contributed by atoms with Gasteiger partial charge in [-0.05, 0) is 50.7 Å². The minimum Gasteiger partial charge on any atom is -0.477 e. The number of carboxylic acid groups (broad SMARTS) is 1. The number of carboxylic acids is 1. The van der Waals surface area contributed by atoms with Crippen LogP contribution in [0.15, 0.2) is 18.3 Å². The molecule has 4 heteroatoms. The Morgan fingerprint density at radius 2 is 2.00 bits per heavy atom. The van der Waals surface area contributed by atoms with Gasteiger partial charge < -0.3 is 14.6 Å². The van der Waals surface area contributed by atoms with E-state index in [2.05, 4.69) is 11.8 Å². The Kier molecular flexibility index (Phi) is 3.35. The molecule has 0 bridgehead atoms. The summed E-state index contributed by atoms with van der Waals surface area (Å²) in [5.41, 5.74) is 0.425. The molecule has 0 aromatic carbocycles. The molecule has 19 heavy (non-hydrogen) atoms. The molecule has 1 atom stereocenters. The summed E-state index contributed by atoms with van der Waals surface area (Å²) in [7, 11) is 0. The maximum absolute atomic E-state index is 11.2. The van der Waals surface area contributed by atoms with Gasteiger partial charge in [0.25, 0.3) is 0 Å². The third-order valence-electron chi connectivity index (χ3n) is 4.77. The van der Waals surface area contributed by atoms with E-state index in [9.17, 15) is 9.90 Å². The topological polar surface area (TPSA) is 45.5 Å². The van der Waals surface area contributed by atoms with Gasteiger partial charge in [0.05, 0.1) is 0 Å². The van der Waals surface area contributed by atoms with E-state index >= 15 is 0 Å². The maximum atomic E-state index is 11.2. The van der Waals surface area contributed by atoms with E-state index in [0.29, 0.717) is 17.8 Å². The highest BCUT2D eigenvalue weighted by atomic mass is 16.4. The van der Waals surface area contributed by atoms with Crippen LogP contribution in [0.1, 0.15) is 49.1 Å². The third-order valence-corrected chi connectivity index (χ3v) is 4.77. The van der Waals surface area contributed by atoms with Gasteiger partial charge in [0.1, 0.15) is 5.69 Å². The van der Waals surface area contributed by atoms with Gasteiger partial charge >= 0.3 is 5.97 Å². The van der Waals surface area contributed by atoms with Crippen molar-refractivity contribution in [2.45, 2.75) is 44.7 Å². The lowest BCUT2D eigenvalue weighted by Gasteiger charge is -2.37. The van der Waals surface area contributed by atoms with Crippen molar-refractivity contribution >= 4 is 5.97 Å². The summed E-state index contributed by atoms with van der Waals surface area (Å²) in [6, 6.07) is 4.60. The van der Waals surface area contributed by atoms with Crippen LogP contribution in [0.2, 0.25) is 0 Å².